The van der Waals surface area contributed by atoms with Crippen LogP contribution in [0, 0.1) is 19.7 Å². The van der Waals surface area contributed by atoms with Crippen LogP contribution < -0.4 is 4.72 Å². The van der Waals surface area contributed by atoms with Crippen molar-refractivity contribution in [2.45, 2.75) is 18.7 Å². The molecule has 0 aliphatic carbocycles. The van der Waals surface area contributed by atoms with Gasteiger partial charge in [0.2, 0.25) is 0 Å². The fraction of sp³-hybridized carbons (Fsp3) is 0.143. The van der Waals surface area contributed by atoms with Crippen LogP contribution in [0.1, 0.15) is 11.1 Å². The average molecular weight is 437 g/mol. The van der Waals surface area contributed by atoms with Gasteiger partial charge in [-0.25, -0.2) is 12.8 Å². The second kappa shape index (κ2) is 6.06. The zero-order valence-electron chi connectivity index (χ0n) is 11.2. The molecule has 1 N–H and O–H groups in total. The summed E-state index contributed by atoms with van der Waals surface area (Å²) in [5.74, 6) is -0.529. The Bertz CT molecular complexity index is 763. The molecule has 112 valence electrons. The predicted octanol–water partition coefficient (Wildman–Crippen LogP) is 4.77. The van der Waals surface area contributed by atoms with E-state index in [0.717, 1.165) is 23.3 Å². The van der Waals surface area contributed by atoms with Crippen molar-refractivity contribution < 1.29 is 12.8 Å². The second-order valence-corrected chi connectivity index (χ2v) is 8.01. The number of hydrogen-bond donors (Lipinski definition) is 1. The van der Waals surface area contributed by atoms with Gasteiger partial charge in [-0.3, -0.25) is 4.72 Å². The maximum absolute atomic E-state index is 13.3. The highest BCUT2D eigenvalue weighted by molar-refractivity contribution is 9.11. The topological polar surface area (TPSA) is 46.2 Å². The van der Waals surface area contributed by atoms with Crippen molar-refractivity contribution in [1.29, 1.82) is 0 Å². The van der Waals surface area contributed by atoms with E-state index in [4.69, 9.17) is 0 Å². The normalized spacial score (nSPS) is 11.5. The summed E-state index contributed by atoms with van der Waals surface area (Å²) in [6, 6.07) is 7.63. The number of sulfonamides is 1. The number of anilines is 1. The lowest BCUT2D eigenvalue weighted by Crippen LogP contribution is -2.14. The highest BCUT2D eigenvalue weighted by Crippen LogP contribution is 2.32. The molecule has 2 rings (SSSR count). The minimum absolute atomic E-state index is 0.0388. The molecule has 0 unspecified atom stereocenters. The van der Waals surface area contributed by atoms with Gasteiger partial charge in [0, 0.05) is 14.6 Å². The van der Waals surface area contributed by atoms with Crippen LogP contribution in [0.5, 0.6) is 0 Å². The first kappa shape index (κ1) is 16.5. The smallest absolute Gasteiger partial charge is 0.264 e. The Balaban J connectivity index is 2.48. The Labute approximate surface area is 139 Å². The third-order valence-electron chi connectivity index (χ3n) is 2.71. The zero-order chi connectivity index (χ0) is 15.8. The molecule has 2 aromatic carbocycles. The van der Waals surface area contributed by atoms with Gasteiger partial charge in [-0.15, -0.1) is 0 Å². The van der Waals surface area contributed by atoms with Crippen molar-refractivity contribution in [2.75, 3.05) is 4.72 Å². The van der Waals surface area contributed by atoms with Gasteiger partial charge in [0.1, 0.15) is 10.7 Å². The molecule has 3 nitrogen and oxygen atoms in total. The predicted molar refractivity (Wildman–Crippen MR) is 88.5 cm³/mol. The van der Waals surface area contributed by atoms with E-state index in [1.807, 2.05) is 19.9 Å². The first-order valence-corrected chi connectivity index (χ1v) is 9.01. The van der Waals surface area contributed by atoms with Gasteiger partial charge in [0.15, 0.2) is 0 Å². The lowest BCUT2D eigenvalue weighted by atomic mass is 10.1. The number of nitrogens with one attached hydrogen (secondary N) is 1. The molecule has 0 saturated carbocycles. The molecule has 0 aliphatic rings. The molecule has 0 aromatic heterocycles. The van der Waals surface area contributed by atoms with Crippen LogP contribution in [0.25, 0.3) is 0 Å². The van der Waals surface area contributed by atoms with Gasteiger partial charge in [-0.1, -0.05) is 6.07 Å². The van der Waals surface area contributed by atoms with Crippen molar-refractivity contribution >= 4 is 47.6 Å². The SMILES string of the molecule is Cc1cc(C)cc(NS(=O)(=O)c2c(Br)cc(F)cc2Br)c1. The molecule has 0 aliphatic heterocycles. The van der Waals surface area contributed by atoms with Crippen LogP contribution in [-0.4, -0.2) is 8.42 Å². The number of aryl methyl sites for hydroxylation is 2. The molecular formula is C14H12Br2FNO2S. The quantitative estimate of drug-likeness (QED) is 0.753. The zero-order valence-corrected chi connectivity index (χ0v) is 15.2. The van der Waals surface area contributed by atoms with Crippen molar-refractivity contribution in [1.82, 2.24) is 0 Å². The maximum atomic E-state index is 13.3. The lowest BCUT2D eigenvalue weighted by Gasteiger charge is -2.12. The number of rotatable bonds is 3. The molecule has 7 heteroatoms. The van der Waals surface area contributed by atoms with Gasteiger partial charge in [0.25, 0.3) is 10.0 Å². The van der Waals surface area contributed by atoms with Crippen LogP contribution in [0.15, 0.2) is 44.2 Å². The van der Waals surface area contributed by atoms with Crippen LogP contribution in [-0.2, 0) is 10.0 Å². The summed E-state index contributed by atoms with van der Waals surface area (Å²) in [6.45, 7) is 3.77. The lowest BCUT2D eigenvalue weighted by molar-refractivity contribution is 0.598. The van der Waals surface area contributed by atoms with E-state index >= 15 is 0 Å². The Hall–Kier alpha value is -0.920. The average Bonchev–Trinajstić information content (AvgIpc) is 2.23. The molecule has 0 bridgehead atoms. The third kappa shape index (κ3) is 3.84. The highest BCUT2D eigenvalue weighted by atomic mass is 79.9. The van der Waals surface area contributed by atoms with Gasteiger partial charge in [0.05, 0.1) is 0 Å². The van der Waals surface area contributed by atoms with E-state index in [9.17, 15) is 12.8 Å². The highest BCUT2D eigenvalue weighted by Gasteiger charge is 2.22. The van der Waals surface area contributed by atoms with Crippen molar-refractivity contribution in [3.8, 4) is 0 Å². The minimum atomic E-state index is -3.84. The van der Waals surface area contributed by atoms with Crippen molar-refractivity contribution in [3.05, 3.63) is 56.2 Å². The van der Waals surface area contributed by atoms with Gasteiger partial charge in [-0.2, -0.15) is 0 Å². The fourth-order valence-electron chi connectivity index (χ4n) is 2.03. The summed E-state index contributed by atoms with van der Waals surface area (Å²) >= 11 is 6.17. The minimum Gasteiger partial charge on any atom is -0.280 e. The number of hydrogen-bond acceptors (Lipinski definition) is 2. The Morgan fingerprint density at radius 2 is 1.43 bits per heavy atom. The van der Waals surface area contributed by atoms with E-state index in [0.29, 0.717) is 5.69 Å². The molecule has 0 atom stereocenters. The van der Waals surface area contributed by atoms with Gasteiger partial charge >= 0.3 is 0 Å². The van der Waals surface area contributed by atoms with Crippen molar-refractivity contribution in [3.63, 3.8) is 0 Å². The molecule has 0 spiro atoms. The summed E-state index contributed by atoms with van der Waals surface area (Å²) < 4.78 is 41.0. The summed E-state index contributed by atoms with van der Waals surface area (Å²) in [7, 11) is -3.84. The van der Waals surface area contributed by atoms with Gasteiger partial charge < -0.3 is 0 Å². The number of halogens is 3. The molecule has 0 saturated heterocycles. The van der Waals surface area contributed by atoms with Crippen molar-refractivity contribution in [2.24, 2.45) is 0 Å². The molecule has 0 heterocycles. The summed E-state index contributed by atoms with van der Waals surface area (Å²) in [5.41, 5.74) is 2.37. The molecule has 0 fully saturated rings. The Morgan fingerprint density at radius 1 is 0.952 bits per heavy atom. The Kier molecular flexibility index (Phi) is 4.75. The van der Waals surface area contributed by atoms with E-state index in [2.05, 4.69) is 36.6 Å². The first-order valence-electron chi connectivity index (χ1n) is 5.95. The standard InChI is InChI=1S/C14H12Br2FNO2S/c1-8-3-9(2)5-11(4-8)18-21(19,20)14-12(15)6-10(17)7-13(14)16/h3-7,18H,1-2H3. The maximum Gasteiger partial charge on any atom is 0.264 e. The van der Waals surface area contributed by atoms with Crippen LogP contribution in [0.3, 0.4) is 0 Å². The summed E-state index contributed by atoms with van der Waals surface area (Å²) in [5, 5.41) is 0. The fourth-order valence-corrected chi connectivity index (χ4v) is 5.60. The van der Waals surface area contributed by atoms with Gasteiger partial charge in [-0.05, 0) is 81.1 Å². The third-order valence-corrected chi connectivity index (χ3v) is 5.96. The monoisotopic (exact) mass is 435 g/mol. The number of benzene rings is 2. The van der Waals surface area contributed by atoms with Crippen LogP contribution >= 0.6 is 31.9 Å². The molecule has 0 radical (unpaired) electrons. The summed E-state index contributed by atoms with van der Waals surface area (Å²) in [6.07, 6.45) is 0. The second-order valence-electron chi connectivity index (χ2n) is 4.68. The van der Waals surface area contributed by atoms with E-state index in [1.54, 1.807) is 12.1 Å². The van der Waals surface area contributed by atoms with E-state index in [-0.39, 0.29) is 13.8 Å². The van der Waals surface area contributed by atoms with E-state index in [1.165, 1.54) is 0 Å². The molecular weight excluding hydrogens is 425 g/mol. The molecule has 0 amide bonds. The van der Waals surface area contributed by atoms with Crippen LogP contribution in [0.4, 0.5) is 10.1 Å². The molecule has 2 aromatic rings. The van der Waals surface area contributed by atoms with Crippen LogP contribution in [0.2, 0.25) is 0 Å². The summed E-state index contributed by atoms with van der Waals surface area (Å²) in [4.78, 5) is -0.0388. The molecule has 21 heavy (non-hydrogen) atoms. The first-order chi connectivity index (χ1) is 9.69. The largest absolute Gasteiger partial charge is 0.280 e. The Morgan fingerprint density at radius 3 is 1.90 bits per heavy atom. The van der Waals surface area contributed by atoms with E-state index < -0.39 is 15.8 Å².